The lowest BCUT2D eigenvalue weighted by Crippen LogP contribution is -2.41. The predicted octanol–water partition coefficient (Wildman–Crippen LogP) is 0.274. The lowest BCUT2D eigenvalue weighted by molar-refractivity contribution is -0.158. The molecule has 2 bridgehead atoms. The van der Waals surface area contributed by atoms with Gasteiger partial charge in [0.25, 0.3) is 0 Å². The fraction of sp³-hybridized carbons (Fsp3) is 0.692. The van der Waals surface area contributed by atoms with E-state index in [4.69, 9.17) is 9.47 Å². The van der Waals surface area contributed by atoms with Crippen molar-refractivity contribution in [2.75, 3.05) is 6.61 Å². The molecule has 0 spiro atoms. The molecule has 98 valence electrons. The molecule has 0 aromatic rings. The Morgan fingerprint density at radius 3 is 2.89 bits per heavy atom. The van der Waals surface area contributed by atoms with E-state index in [-0.39, 0.29) is 42.4 Å². The molecular weight excluding hydrogens is 236 g/mol. The molecule has 6 unspecified atom stereocenters. The second kappa shape index (κ2) is 3.82. The summed E-state index contributed by atoms with van der Waals surface area (Å²) in [5.74, 6) is -0.912. The Morgan fingerprint density at radius 1 is 1.56 bits per heavy atom. The summed E-state index contributed by atoms with van der Waals surface area (Å²) < 4.78 is 10.7. The molecular formula is C13H16O5. The van der Waals surface area contributed by atoms with Gasteiger partial charge in [-0.1, -0.05) is 6.58 Å². The minimum absolute atomic E-state index is 0.0322. The monoisotopic (exact) mass is 252 g/mol. The van der Waals surface area contributed by atoms with Crippen molar-refractivity contribution in [1.82, 2.24) is 0 Å². The molecule has 6 atom stereocenters. The molecule has 5 nitrogen and oxygen atoms in total. The minimum Gasteiger partial charge on any atom is -0.458 e. The Kier molecular flexibility index (Phi) is 2.48. The number of fused-ring (bicyclic) bond motifs is 1. The molecule has 5 heteroatoms. The van der Waals surface area contributed by atoms with E-state index in [2.05, 4.69) is 6.58 Å². The lowest BCUT2D eigenvalue weighted by atomic mass is 9.79. The van der Waals surface area contributed by atoms with Crippen molar-refractivity contribution in [2.24, 2.45) is 23.7 Å². The topological polar surface area (TPSA) is 72.8 Å². The van der Waals surface area contributed by atoms with Gasteiger partial charge in [-0.05, 0) is 13.3 Å². The molecule has 0 aromatic heterocycles. The van der Waals surface area contributed by atoms with Gasteiger partial charge in [-0.3, -0.25) is 4.79 Å². The van der Waals surface area contributed by atoms with Crippen molar-refractivity contribution in [3.05, 3.63) is 12.2 Å². The minimum atomic E-state index is -0.455. The average Bonchev–Trinajstić information content (AvgIpc) is 2.91. The van der Waals surface area contributed by atoms with Crippen LogP contribution in [0.15, 0.2) is 12.2 Å². The maximum atomic E-state index is 11.7. The predicted molar refractivity (Wildman–Crippen MR) is 60.2 cm³/mol. The van der Waals surface area contributed by atoms with E-state index in [0.717, 1.165) is 6.42 Å². The van der Waals surface area contributed by atoms with Crippen LogP contribution in [0.4, 0.5) is 0 Å². The van der Waals surface area contributed by atoms with E-state index < -0.39 is 12.1 Å². The highest BCUT2D eigenvalue weighted by atomic mass is 16.6. The van der Waals surface area contributed by atoms with Gasteiger partial charge in [0.2, 0.25) is 0 Å². The zero-order valence-electron chi connectivity index (χ0n) is 10.2. The van der Waals surface area contributed by atoms with Gasteiger partial charge in [-0.25, -0.2) is 4.79 Å². The third-order valence-corrected chi connectivity index (χ3v) is 4.51. The van der Waals surface area contributed by atoms with Gasteiger partial charge in [0.1, 0.15) is 12.2 Å². The molecule has 0 amide bonds. The molecule has 3 aliphatic rings. The third kappa shape index (κ3) is 1.37. The Hall–Kier alpha value is -1.36. The molecule has 3 fully saturated rings. The van der Waals surface area contributed by atoms with E-state index in [1.165, 1.54) is 0 Å². The van der Waals surface area contributed by atoms with Crippen molar-refractivity contribution in [3.63, 3.8) is 0 Å². The van der Waals surface area contributed by atoms with Crippen LogP contribution in [0.2, 0.25) is 0 Å². The Labute approximate surface area is 105 Å². The molecule has 18 heavy (non-hydrogen) atoms. The van der Waals surface area contributed by atoms with Gasteiger partial charge in [-0.2, -0.15) is 0 Å². The number of carbonyl (C=O) groups excluding carboxylic acids is 2. The summed E-state index contributed by atoms with van der Waals surface area (Å²) in [5.41, 5.74) is 0.333. The van der Waals surface area contributed by atoms with Crippen LogP contribution in [-0.4, -0.2) is 35.9 Å². The van der Waals surface area contributed by atoms with Crippen molar-refractivity contribution in [2.45, 2.75) is 25.6 Å². The van der Waals surface area contributed by atoms with Gasteiger partial charge in [0.15, 0.2) is 0 Å². The summed E-state index contributed by atoms with van der Waals surface area (Å²) in [5, 5.41) is 9.42. The fourth-order valence-electron chi connectivity index (χ4n) is 3.77. The number of hydrogen-bond donors (Lipinski definition) is 1. The number of carbonyl (C=O) groups is 2. The SMILES string of the molecule is C=C(C)C(=O)OC1C2CC3C1OC(=O)C3C2CO. The largest absolute Gasteiger partial charge is 0.458 e. The summed E-state index contributed by atoms with van der Waals surface area (Å²) in [6.45, 7) is 5.07. The molecule has 2 aliphatic carbocycles. The molecule has 0 aromatic carbocycles. The van der Waals surface area contributed by atoms with Crippen LogP contribution in [-0.2, 0) is 19.1 Å². The van der Waals surface area contributed by atoms with Crippen LogP contribution in [0, 0.1) is 23.7 Å². The van der Waals surface area contributed by atoms with Crippen molar-refractivity contribution < 1.29 is 24.2 Å². The van der Waals surface area contributed by atoms with Crippen molar-refractivity contribution >= 4 is 11.9 Å². The lowest BCUT2D eigenvalue weighted by Gasteiger charge is -2.30. The number of aliphatic hydroxyl groups is 1. The van der Waals surface area contributed by atoms with E-state index in [9.17, 15) is 14.7 Å². The van der Waals surface area contributed by atoms with Gasteiger partial charge < -0.3 is 14.6 Å². The maximum absolute atomic E-state index is 11.7. The van der Waals surface area contributed by atoms with Gasteiger partial charge in [-0.15, -0.1) is 0 Å². The highest BCUT2D eigenvalue weighted by Gasteiger charge is 2.67. The summed E-state index contributed by atoms with van der Waals surface area (Å²) in [4.78, 5) is 23.3. The van der Waals surface area contributed by atoms with Crippen molar-refractivity contribution in [1.29, 1.82) is 0 Å². The van der Waals surface area contributed by atoms with Gasteiger partial charge in [0, 0.05) is 29.9 Å². The number of esters is 2. The molecule has 1 N–H and O–H groups in total. The quantitative estimate of drug-likeness (QED) is 0.576. The zero-order chi connectivity index (χ0) is 13.0. The molecule has 1 aliphatic heterocycles. The Bertz CT molecular complexity index is 429. The number of aliphatic hydroxyl groups excluding tert-OH is 1. The van der Waals surface area contributed by atoms with E-state index in [0.29, 0.717) is 5.57 Å². The Morgan fingerprint density at radius 2 is 2.28 bits per heavy atom. The van der Waals surface area contributed by atoms with Gasteiger partial charge >= 0.3 is 11.9 Å². The first-order valence-corrected chi connectivity index (χ1v) is 6.22. The van der Waals surface area contributed by atoms with Crippen LogP contribution in [0.3, 0.4) is 0 Å². The first-order chi connectivity index (χ1) is 8.54. The van der Waals surface area contributed by atoms with Crippen LogP contribution >= 0.6 is 0 Å². The molecule has 1 heterocycles. The summed E-state index contributed by atoms with van der Waals surface area (Å²) in [7, 11) is 0. The summed E-state index contributed by atoms with van der Waals surface area (Å²) in [6.07, 6.45) is 0.0538. The second-order valence-corrected chi connectivity index (χ2v) is 5.49. The fourth-order valence-corrected chi connectivity index (χ4v) is 3.77. The van der Waals surface area contributed by atoms with E-state index in [1.807, 2.05) is 0 Å². The molecule has 1 saturated heterocycles. The average molecular weight is 252 g/mol. The molecule has 2 saturated carbocycles. The van der Waals surface area contributed by atoms with Crippen molar-refractivity contribution in [3.8, 4) is 0 Å². The number of ether oxygens (including phenoxy) is 2. The highest BCUT2D eigenvalue weighted by Crippen LogP contribution is 2.58. The highest BCUT2D eigenvalue weighted by molar-refractivity contribution is 5.87. The maximum Gasteiger partial charge on any atom is 0.333 e. The summed E-state index contributed by atoms with van der Waals surface area (Å²) >= 11 is 0. The second-order valence-electron chi connectivity index (χ2n) is 5.49. The van der Waals surface area contributed by atoms with E-state index >= 15 is 0 Å². The normalized spacial score (nSPS) is 44.0. The van der Waals surface area contributed by atoms with Crippen LogP contribution < -0.4 is 0 Å². The molecule has 0 radical (unpaired) electrons. The van der Waals surface area contributed by atoms with E-state index in [1.54, 1.807) is 6.92 Å². The van der Waals surface area contributed by atoms with Gasteiger partial charge in [0.05, 0.1) is 5.92 Å². The Balaban J connectivity index is 1.84. The zero-order valence-corrected chi connectivity index (χ0v) is 10.2. The summed E-state index contributed by atoms with van der Waals surface area (Å²) in [6, 6.07) is 0. The number of rotatable bonds is 3. The smallest absolute Gasteiger partial charge is 0.333 e. The first kappa shape index (κ1) is 11.7. The first-order valence-electron chi connectivity index (χ1n) is 6.22. The van der Waals surface area contributed by atoms with Crippen LogP contribution in [0.25, 0.3) is 0 Å². The third-order valence-electron chi connectivity index (χ3n) is 4.51. The van der Waals surface area contributed by atoms with Crippen LogP contribution in [0.5, 0.6) is 0 Å². The van der Waals surface area contributed by atoms with Crippen LogP contribution in [0.1, 0.15) is 13.3 Å². The molecule has 3 rings (SSSR count). The standard InChI is InChI=1S/C13H16O5/c1-5(2)12(15)17-10-6-3-7-9(8(6)4-14)13(16)18-11(7)10/h6-11,14H,1,3-4H2,2H3. The number of hydrogen-bond acceptors (Lipinski definition) is 5.